The minimum Gasteiger partial charge on any atom is -0.378 e. The third-order valence-electron chi connectivity index (χ3n) is 4.58. The molecule has 2 aromatic rings. The second-order valence-corrected chi connectivity index (χ2v) is 6.30. The number of alkyl halides is 1. The predicted octanol–water partition coefficient (Wildman–Crippen LogP) is 3.42. The standard InChI is InChI=1S/C20H24FN3O/c1-15(16-5-3-2-4-6-16)23-19-13-17(24-11-9-22-10-12-24)7-8-18(19)20(25)14-21/h2-8,13,15,22-23H,9-12,14H2,1H3. The summed E-state index contributed by atoms with van der Waals surface area (Å²) in [7, 11) is 0. The van der Waals surface area contributed by atoms with Crippen molar-refractivity contribution in [2.75, 3.05) is 43.1 Å². The molecule has 2 N–H and O–H groups in total. The molecule has 1 aliphatic rings. The number of carbonyl (C=O) groups excluding carboxylic acids is 1. The fourth-order valence-corrected chi connectivity index (χ4v) is 3.14. The van der Waals surface area contributed by atoms with Gasteiger partial charge in [-0.2, -0.15) is 0 Å². The molecule has 2 aromatic carbocycles. The van der Waals surface area contributed by atoms with E-state index in [2.05, 4.69) is 15.5 Å². The van der Waals surface area contributed by atoms with Crippen LogP contribution in [-0.4, -0.2) is 38.6 Å². The van der Waals surface area contributed by atoms with Crippen molar-refractivity contribution >= 4 is 17.2 Å². The zero-order chi connectivity index (χ0) is 17.6. The van der Waals surface area contributed by atoms with E-state index in [1.165, 1.54) is 0 Å². The lowest BCUT2D eigenvalue weighted by molar-refractivity contribution is 0.0959. The summed E-state index contributed by atoms with van der Waals surface area (Å²) in [5.74, 6) is -0.491. The highest BCUT2D eigenvalue weighted by molar-refractivity contribution is 6.02. The number of halogens is 1. The fourth-order valence-electron chi connectivity index (χ4n) is 3.14. The monoisotopic (exact) mass is 341 g/mol. The van der Waals surface area contributed by atoms with Crippen LogP contribution in [0.25, 0.3) is 0 Å². The maximum atomic E-state index is 13.0. The Hall–Kier alpha value is -2.40. The molecular weight excluding hydrogens is 317 g/mol. The Balaban J connectivity index is 1.89. The van der Waals surface area contributed by atoms with Gasteiger partial charge in [0.05, 0.1) is 0 Å². The molecule has 1 heterocycles. The first kappa shape index (κ1) is 17.4. The Morgan fingerprint density at radius 1 is 1.20 bits per heavy atom. The lowest BCUT2D eigenvalue weighted by atomic mass is 10.0. The van der Waals surface area contributed by atoms with Gasteiger partial charge < -0.3 is 15.5 Å². The Kier molecular flexibility index (Phi) is 5.66. The average molecular weight is 341 g/mol. The number of nitrogens with one attached hydrogen (secondary N) is 2. The van der Waals surface area contributed by atoms with Crippen molar-refractivity contribution in [2.45, 2.75) is 13.0 Å². The number of rotatable bonds is 6. The van der Waals surface area contributed by atoms with Gasteiger partial charge in [0.1, 0.15) is 0 Å². The molecule has 1 unspecified atom stereocenters. The number of piperazine rings is 1. The Labute approximate surface area is 148 Å². The minimum absolute atomic E-state index is 0.0191. The zero-order valence-electron chi connectivity index (χ0n) is 14.5. The third-order valence-corrected chi connectivity index (χ3v) is 4.58. The van der Waals surface area contributed by atoms with Gasteiger partial charge in [-0.1, -0.05) is 30.3 Å². The first-order chi connectivity index (χ1) is 12.2. The second kappa shape index (κ2) is 8.12. The second-order valence-electron chi connectivity index (χ2n) is 6.30. The van der Waals surface area contributed by atoms with Crippen molar-refractivity contribution in [2.24, 2.45) is 0 Å². The summed E-state index contributed by atoms with van der Waals surface area (Å²) >= 11 is 0. The van der Waals surface area contributed by atoms with E-state index in [4.69, 9.17) is 0 Å². The highest BCUT2D eigenvalue weighted by atomic mass is 19.1. The van der Waals surface area contributed by atoms with Crippen LogP contribution in [-0.2, 0) is 0 Å². The molecule has 3 rings (SSSR count). The van der Waals surface area contributed by atoms with E-state index in [1.807, 2.05) is 49.4 Å². The van der Waals surface area contributed by atoms with Gasteiger partial charge in [-0.15, -0.1) is 0 Å². The van der Waals surface area contributed by atoms with Gasteiger partial charge in [0.2, 0.25) is 0 Å². The van der Waals surface area contributed by atoms with Gasteiger partial charge in [0.25, 0.3) is 0 Å². The van der Waals surface area contributed by atoms with Gasteiger partial charge in [0, 0.05) is 49.2 Å². The van der Waals surface area contributed by atoms with Crippen molar-refractivity contribution in [3.8, 4) is 0 Å². The van der Waals surface area contributed by atoms with E-state index in [0.717, 1.165) is 37.4 Å². The van der Waals surface area contributed by atoms with Crippen molar-refractivity contribution in [1.29, 1.82) is 0 Å². The molecule has 0 aromatic heterocycles. The van der Waals surface area contributed by atoms with Crippen molar-refractivity contribution in [3.63, 3.8) is 0 Å². The molecule has 0 saturated carbocycles. The van der Waals surface area contributed by atoms with Crippen molar-refractivity contribution in [3.05, 3.63) is 59.7 Å². The Morgan fingerprint density at radius 2 is 1.92 bits per heavy atom. The molecule has 0 amide bonds. The normalized spacial score (nSPS) is 15.7. The summed E-state index contributed by atoms with van der Waals surface area (Å²) in [5.41, 5.74) is 3.27. The maximum absolute atomic E-state index is 13.0. The lowest BCUT2D eigenvalue weighted by Gasteiger charge is -2.30. The summed E-state index contributed by atoms with van der Waals surface area (Å²) in [6.45, 7) is 4.77. The van der Waals surface area contributed by atoms with E-state index >= 15 is 0 Å². The molecule has 0 aliphatic carbocycles. The van der Waals surface area contributed by atoms with Crippen LogP contribution in [0, 0.1) is 0 Å². The molecule has 5 heteroatoms. The largest absolute Gasteiger partial charge is 0.378 e. The smallest absolute Gasteiger partial charge is 0.195 e. The number of benzene rings is 2. The molecule has 1 atom stereocenters. The number of carbonyl (C=O) groups is 1. The molecule has 1 saturated heterocycles. The Morgan fingerprint density at radius 3 is 2.60 bits per heavy atom. The van der Waals surface area contributed by atoms with Crippen LogP contribution in [0.5, 0.6) is 0 Å². The minimum atomic E-state index is -0.985. The fraction of sp³-hybridized carbons (Fsp3) is 0.350. The average Bonchev–Trinajstić information content (AvgIpc) is 2.68. The number of hydrogen-bond acceptors (Lipinski definition) is 4. The number of ketones is 1. The summed E-state index contributed by atoms with van der Waals surface area (Å²) in [4.78, 5) is 14.3. The van der Waals surface area contributed by atoms with Crippen LogP contribution in [0.15, 0.2) is 48.5 Å². The molecule has 132 valence electrons. The highest BCUT2D eigenvalue weighted by Gasteiger charge is 2.17. The topological polar surface area (TPSA) is 44.4 Å². The SMILES string of the molecule is CC(Nc1cc(N2CCNCC2)ccc1C(=O)CF)c1ccccc1. The zero-order valence-corrected chi connectivity index (χ0v) is 14.5. The van der Waals surface area contributed by atoms with Crippen molar-refractivity contribution < 1.29 is 9.18 Å². The first-order valence-corrected chi connectivity index (χ1v) is 8.69. The number of Topliss-reactive ketones (excluding diaryl/α,β-unsaturated/α-hetero) is 1. The van der Waals surface area contributed by atoms with Crippen LogP contribution in [0.2, 0.25) is 0 Å². The molecule has 25 heavy (non-hydrogen) atoms. The molecule has 1 fully saturated rings. The third kappa shape index (κ3) is 4.17. The van der Waals surface area contributed by atoms with Crippen LogP contribution in [0.4, 0.5) is 15.8 Å². The quantitative estimate of drug-likeness (QED) is 0.790. The van der Waals surface area contributed by atoms with Crippen LogP contribution >= 0.6 is 0 Å². The van der Waals surface area contributed by atoms with Gasteiger partial charge in [-0.3, -0.25) is 4.79 Å². The van der Waals surface area contributed by atoms with E-state index < -0.39 is 12.5 Å². The molecule has 1 aliphatic heterocycles. The van der Waals surface area contributed by atoms with Gasteiger partial charge >= 0.3 is 0 Å². The van der Waals surface area contributed by atoms with Gasteiger partial charge in [0.15, 0.2) is 12.5 Å². The van der Waals surface area contributed by atoms with Crippen LogP contribution in [0.3, 0.4) is 0 Å². The predicted molar refractivity (Wildman–Crippen MR) is 100 cm³/mol. The molecule has 0 bridgehead atoms. The van der Waals surface area contributed by atoms with E-state index in [0.29, 0.717) is 11.3 Å². The van der Waals surface area contributed by atoms with E-state index in [-0.39, 0.29) is 6.04 Å². The lowest BCUT2D eigenvalue weighted by Crippen LogP contribution is -2.43. The summed E-state index contributed by atoms with van der Waals surface area (Å²) in [6, 6.07) is 15.6. The summed E-state index contributed by atoms with van der Waals surface area (Å²) in [6.07, 6.45) is 0. The molecule has 4 nitrogen and oxygen atoms in total. The molecule has 0 spiro atoms. The first-order valence-electron chi connectivity index (χ1n) is 8.69. The molecule has 0 radical (unpaired) electrons. The van der Waals surface area contributed by atoms with E-state index in [9.17, 15) is 9.18 Å². The maximum Gasteiger partial charge on any atom is 0.195 e. The number of hydrogen-bond donors (Lipinski definition) is 2. The highest BCUT2D eigenvalue weighted by Crippen LogP contribution is 2.28. The summed E-state index contributed by atoms with van der Waals surface area (Å²) < 4.78 is 13.0. The van der Waals surface area contributed by atoms with Crippen LogP contribution in [0.1, 0.15) is 28.9 Å². The van der Waals surface area contributed by atoms with E-state index in [1.54, 1.807) is 6.07 Å². The Bertz CT molecular complexity index is 714. The number of anilines is 2. The number of nitrogens with zero attached hydrogens (tertiary/aromatic N) is 1. The van der Waals surface area contributed by atoms with Gasteiger partial charge in [-0.25, -0.2) is 4.39 Å². The summed E-state index contributed by atoms with van der Waals surface area (Å²) in [5, 5.41) is 6.72. The molecular formula is C20H24FN3O. The van der Waals surface area contributed by atoms with Crippen molar-refractivity contribution in [1.82, 2.24) is 5.32 Å². The van der Waals surface area contributed by atoms with Gasteiger partial charge in [-0.05, 0) is 30.7 Å². The van der Waals surface area contributed by atoms with Crippen LogP contribution < -0.4 is 15.5 Å².